The van der Waals surface area contributed by atoms with E-state index < -0.39 is 0 Å². The number of aryl methyl sites for hydroxylation is 1. The molecule has 0 aromatic heterocycles. The minimum atomic E-state index is -0.343. The third-order valence-corrected chi connectivity index (χ3v) is 6.22. The number of nitrogens with zero attached hydrogens (tertiary/aromatic N) is 3. The second kappa shape index (κ2) is 10.6. The van der Waals surface area contributed by atoms with Gasteiger partial charge in [-0.15, -0.1) is 0 Å². The Labute approximate surface area is 185 Å². The molecule has 0 aliphatic carbocycles. The van der Waals surface area contributed by atoms with E-state index >= 15 is 0 Å². The lowest BCUT2D eigenvalue weighted by Crippen LogP contribution is -2.54. The zero-order chi connectivity index (χ0) is 22.4. The Morgan fingerprint density at radius 1 is 1.00 bits per heavy atom. The number of benzene rings is 2. The molecule has 1 N–H and O–H groups in total. The average molecular weight is 423 g/mol. The van der Waals surface area contributed by atoms with E-state index in [0.29, 0.717) is 0 Å². The van der Waals surface area contributed by atoms with Gasteiger partial charge in [-0.2, -0.15) is 0 Å². The average Bonchev–Trinajstić information content (AvgIpc) is 2.77. The zero-order valence-corrected chi connectivity index (χ0v) is 19.1. The lowest BCUT2D eigenvalue weighted by atomic mass is 10.1. The Balaban J connectivity index is 1.47. The lowest BCUT2D eigenvalue weighted by Gasteiger charge is -2.37. The van der Waals surface area contributed by atoms with Crippen LogP contribution in [0, 0.1) is 13.8 Å². The summed E-state index contributed by atoms with van der Waals surface area (Å²) >= 11 is 0. The molecular formula is C25H34N4O2. The minimum Gasteiger partial charge on any atom is -0.339 e. The molecule has 1 aliphatic rings. The Kier molecular flexibility index (Phi) is 7.82. The molecule has 1 fully saturated rings. The molecule has 6 nitrogen and oxygen atoms in total. The first-order valence-electron chi connectivity index (χ1n) is 11.0. The number of hydrogen-bond donors (Lipinski definition) is 1. The van der Waals surface area contributed by atoms with Gasteiger partial charge in [-0.1, -0.05) is 42.5 Å². The van der Waals surface area contributed by atoms with Crippen LogP contribution in [0.15, 0.2) is 48.5 Å². The van der Waals surface area contributed by atoms with Gasteiger partial charge in [-0.3, -0.25) is 19.4 Å². The lowest BCUT2D eigenvalue weighted by molar-refractivity contribution is -0.138. The maximum Gasteiger partial charge on any atom is 0.239 e. The van der Waals surface area contributed by atoms with Gasteiger partial charge in [0.1, 0.15) is 0 Å². The summed E-state index contributed by atoms with van der Waals surface area (Å²) in [7, 11) is 1.83. The predicted molar refractivity (Wildman–Crippen MR) is 125 cm³/mol. The summed E-state index contributed by atoms with van der Waals surface area (Å²) in [4.78, 5) is 31.6. The van der Waals surface area contributed by atoms with Crippen molar-refractivity contribution in [3.63, 3.8) is 0 Å². The molecule has 0 unspecified atom stereocenters. The Hall–Kier alpha value is -2.70. The van der Waals surface area contributed by atoms with Gasteiger partial charge in [0.15, 0.2) is 0 Å². The third-order valence-electron chi connectivity index (χ3n) is 6.22. The molecule has 2 aromatic carbocycles. The van der Waals surface area contributed by atoms with Gasteiger partial charge in [0.05, 0.1) is 12.6 Å². The van der Waals surface area contributed by atoms with E-state index in [1.165, 1.54) is 5.56 Å². The van der Waals surface area contributed by atoms with E-state index in [9.17, 15) is 9.59 Å². The summed E-state index contributed by atoms with van der Waals surface area (Å²) in [6.45, 7) is 10.2. The SMILES string of the molecule is Cc1cccc(NC(=O)CN(C)[C@H](C)C(=O)N2CCN(Cc3ccccc3)CC2)c1C. The molecule has 3 rings (SSSR count). The number of nitrogens with one attached hydrogen (secondary N) is 1. The topological polar surface area (TPSA) is 55.9 Å². The van der Waals surface area contributed by atoms with Crippen molar-refractivity contribution in [2.24, 2.45) is 0 Å². The largest absolute Gasteiger partial charge is 0.339 e. The van der Waals surface area contributed by atoms with Crippen LogP contribution < -0.4 is 5.32 Å². The number of anilines is 1. The van der Waals surface area contributed by atoms with Gasteiger partial charge >= 0.3 is 0 Å². The van der Waals surface area contributed by atoms with Crippen molar-refractivity contribution in [1.29, 1.82) is 0 Å². The maximum absolute atomic E-state index is 13.0. The smallest absolute Gasteiger partial charge is 0.239 e. The van der Waals surface area contributed by atoms with Crippen LogP contribution in [0.2, 0.25) is 0 Å². The summed E-state index contributed by atoms with van der Waals surface area (Å²) < 4.78 is 0. The molecule has 1 aliphatic heterocycles. The minimum absolute atomic E-state index is 0.0846. The van der Waals surface area contributed by atoms with Gasteiger partial charge in [0.25, 0.3) is 0 Å². The van der Waals surface area contributed by atoms with Crippen LogP contribution in [-0.2, 0) is 16.1 Å². The number of hydrogen-bond acceptors (Lipinski definition) is 4. The standard InChI is InChI=1S/C25H34N4O2/c1-19-9-8-12-23(20(19)2)26-24(30)18-27(4)21(3)25(31)29-15-13-28(14-16-29)17-22-10-6-5-7-11-22/h5-12,21H,13-18H2,1-4H3,(H,26,30)/t21-/m1/s1. The van der Waals surface area contributed by atoms with Crippen molar-refractivity contribution >= 4 is 17.5 Å². The molecule has 0 saturated carbocycles. The van der Waals surface area contributed by atoms with Crippen LogP contribution in [0.1, 0.15) is 23.6 Å². The van der Waals surface area contributed by atoms with Crippen molar-refractivity contribution in [3.8, 4) is 0 Å². The fourth-order valence-electron chi connectivity index (χ4n) is 3.86. The van der Waals surface area contributed by atoms with E-state index in [-0.39, 0.29) is 24.4 Å². The van der Waals surface area contributed by atoms with Gasteiger partial charge in [0, 0.05) is 38.4 Å². The molecule has 31 heavy (non-hydrogen) atoms. The first kappa shape index (κ1) is 23.0. The van der Waals surface area contributed by atoms with Crippen molar-refractivity contribution in [1.82, 2.24) is 14.7 Å². The van der Waals surface area contributed by atoms with Crippen LogP contribution in [0.3, 0.4) is 0 Å². The fourth-order valence-corrected chi connectivity index (χ4v) is 3.86. The first-order chi connectivity index (χ1) is 14.8. The number of carbonyl (C=O) groups is 2. The van der Waals surface area contributed by atoms with Crippen molar-refractivity contribution in [3.05, 3.63) is 65.2 Å². The van der Waals surface area contributed by atoms with Gasteiger partial charge < -0.3 is 10.2 Å². The number of rotatable bonds is 7. The van der Waals surface area contributed by atoms with Crippen molar-refractivity contribution in [2.45, 2.75) is 33.4 Å². The Morgan fingerprint density at radius 3 is 2.35 bits per heavy atom. The first-order valence-corrected chi connectivity index (χ1v) is 11.0. The van der Waals surface area contributed by atoms with E-state index in [1.54, 1.807) is 0 Å². The summed E-state index contributed by atoms with van der Waals surface area (Å²) in [6, 6.07) is 15.9. The Bertz CT molecular complexity index is 892. The van der Waals surface area contributed by atoms with E-state index in [1.807, 2.05) is 61.9 Å². The van der Waals surface area contributed by atoms with Gasteiger partial charge in [-0.25, -0.2) is 0 Å². The summed E-state index contributed by atoms with van der Waals surface area (Å²) in [5, 5.41) is 2.97. The van der Waals surface area contributed by atoms with E-state index in [0.717, 1.165) is 49.5 Å². The number of amides is 2. The normalized spacial score (nSPS) is 15.7. The maximum atomic E-state index is 13.0. The predicted octanol–water partition coefficient (Wildman–Crippen LogP) is 2.91. The summed E-state index contributed by atoms with van der Waals surface area (Å²) in [5.41, 5.74) is 4.33. The second-order valence-electron chi connectivity index (χ2n) is 8.47. The van der Waals surface area contributed by atoms with Gasteiger partial charge in [0.2, 0.25) is 11.8 Å². The van der Waals surface area contributed by atoms with Crippen LogP contribution in [0.4, 0.5) is 5.69 Å². The van der Waals surface area contributed by atoms with Crippen molar-refractivity contribution in [2.75, 3.05) is 45.1 Å². The van der Waals surface area contributed by atoms with Crippen LogP contribution in [-0.4, -0.2) is 72.3 Å². The monoisotopic (exact) mass is 422 g/mol. The second-order valence-corrected chi connectivity index (χ2v) is 8.47. The molecule has 6 heteroatoms. The number of carbonyl (C=O) groups excluding carboxylic acids is 2. The van der Waals surface area contributed by atoms with E-state index in [4.69, 9.17) is 0 Å². The molecule has 0 radical (unpaired) electrons. The van der Waals surface area contributed by atoms with Crippen LogP contribution >= 0.6 is 0 Å². The summed E-state index contributed by atoms with van der Waals surface area (Å²) in [6.07, 6.45) is 0. The highest BCUT2D eigenvalue weighted by molar-refractivity contribution is 5.93. The zero-order valence-electron chi connectivity index (χ0n) is 19.1. The Morgan fingerprint density at radius 2 is 1.68 bits per heavy atom. The molecule has 1 heterocycles. The van der Waals surface area contributed by atoms with Crippen LogP contribution in [0.25, 0.3) is 0 Å². The molecular weight excluding hydrogens is 388 g/mol. The highest BCUT2D eigenvalue weighted by Crippen LogP contribution is 2.18. The molecule has 2 amide bonds. The fraction of sp³-hybridized carbons (Fsp3) is 0.440. The molecule has 2 aromatic rings. The highest BCUT2D eigenvalue weighted by Gasteiger charge is 2.28. The quantitative estimate of drug-likeness (QED) is 0.746. The number of piperazine rings is 1. The highest BCUT2D eigenvalue weighted by atomic mass is 16.2. The van der Waals surface area contributed by atoms with Crippen molar-refractivity contribution < 1.29 is 9.59 Å². The number of likely N-dealkylation sites (N-methyl/N-ethyl adjacent to an activating group) is 1. The molecule has 0 spiro atoms. The molecule has 1 saturated heterocycles. The van der Waals surface area contributed by atoms with Gasteiger partial charge in [-0.05, 0) is 50.6 Å². The van der Waals surface area contributed by atoms with E-state index in [2.05, 4.69) is 34.5 Å². The molecule has 0 bridgehead atoms. The summed E-state index contributed by atoms with van der Waals surface area (Å²) in [5.74, 6) is -0.0232. The third kappa shape index (κ3) is 6.15. The van der Waals surface area contributed by atoms with Crippen LogP contribution in [0.5, 0.6) is 0 Å². The molecule has 166 valence electrons. The molecule has 1 atom stereocenters.